The van der Waals surface area contributed by atoms with Gasteiger partial charge in [-0.1, -0.05) is 18.2 Å². The smallest absolute Gasteiger partial charge is 0.0702 e. The first-order chi connectivity index (χ1) is 7.43. The molecule has 1 aromatic heterocycles. The molecule has 1 aliphatic rings. The van der Waals surface area contributed by atoms with Crippen LogP contribution in [-0.2, 0) is 0 Å². The molecule has 2 heteroatoms. The zero-order valence-corrected chi connectivity index (χ0v) is 9.06. The Balaban J connectivity index is 2.13. The monoisotopic (exact) mass is 213 g/mol. The molecule has 0 spiro atoms. The summed E-state index contributed by atoms with van der Waals surface area (Å²) in [7, 11) is -0.202. The Labute approximate surface area is 91.5 Å². The fraction of sp³-hybridized carbons (Fsp3) is 0. The average Bonchev–Trinajstić information content (AvgIpc) is 2.82. The number of rotatable bonds is 1. The lowest BCUT2D eigenvalue weighted by molar-refractivity contribution is 1.39. The molecule has 0 aliphatic carbocycles. The van der Waals surface area contributed by atoms with E-state index in [1.165, 1.54) is 10.3 Å². The van der Waals surface area contributed by atoms with E-state index in [0.29, 0.717) is 0 Å². The number of hydrogen-bond acceptors (Lipinski definition) is 1. The molecule has 2 aromatic rings. The van der Waals surface area contributed by atoms with E-state index in [4.69, 9.17) is 0 Å². The van der Waals surface area contributed by atoms with Crippen molar-refractivity contribution in [3.63, 3.8) is 0 Å². The van der Waals surface area contributed by atoms with Gasteiger partial charge in [0, 0.05) is 11.6 Å². The van der Waals surface area contributed by atoms with Gasteiger partial charge < -0.3 is 0 Å². The highest BCUT2D eigenvalue weighted by Gasteiger charge is 2.03. The molecule has 74 valence electrons. The molecule has 0 amide bonds. The van der Waals surface area contributed by atoms with Crippen LogP contribution in [0.3, 0.4) is 0 Å². The van der Waals surface area contributed by atoms with E-state index >= 15 is 0 Å². The van der Waals surface area contributed by atoms with Crippen LogP contribution in [0.1, 0.15) is 0 Å². The Hall–Kier alpha value is -1.54. The molecular weight excluding hydrogens is 202 g/mol. The number of thiol groups is 1. The minimum atomic E-state index is -0.202. The highest BCUT2D eigenvalue weighted by atomic mass is 32.2. The molecule has 0 bridgehead atoms. The minimum Gasteiger partial charge on any atom is -0.256 e. The first-order valence-electron chi connectivity index (χ1n) is 4.92. The number of aromatic nitrogens is 1. The Morgan fingerprint density at radius 1 is 1.00 bits per heavy atom. The predicted octanol–water partition coefficient (Wildman–Crippen LogP) is 3.64. The lowest BCUT2D eigenvalue weighted by Gasteiger charge is -2.10. The van der Waals surface area contributed by atoms with Crippen molar-refractivity contribution in [1.29, 1.82) is 0 Å². The molecule has 2 heterocycles. The first-order valence-corrected chi connectivity index (χ1v) is 6.40. The molecule has 1 aromatic carbocycles. The second-order valence-corrected chi connectivity index (χ2v) is 5.40. The predicted molar refractivity (Wildman–Crippen MR) is 67.3 cm³/mol. The molecule has 0 atom stereocenters. The summed E-state index contributed by atoms with van der Waals surface area (Å²) in [5.41, 5.74) is 1.07. The Bertz CT molecular complexity index is 545. The van der Waals surface area contributed by atoms with Crippen LogP contribution < -0.4 is 0 Å². The summed E-state index contributed by atoms with van der Waals surface area (Å²) < 4.78 is 0. The Morgan fingerprint density at radius 2 is 1.87 bits per heavy atom. The van der Waals surface area contributed by atoms with E-state index in [1.54, 1.807) is 0 Å². The van der Waals surface area contributed by atoms with Crippen LogP contribution in [-0.4, -0.2) is 4.98 Å². The van der Waals surface area contributed by atoms with Crippen molar-refractivity contribution in [1.82, 2.24) is 4.98 Å². The van der Waals surface area contributed by atoms with Gasteiger partial charge in [0.15, 0.2) is 0 Å². The highest BCUT2D eigenvalue weighted by Crippen LogP contribution is 2.42. The molecule has 0 saturated carbocycles. The number of nitrogens with zero attached hydrogens (tertiary/aromatic N) is 1. The highest BCUT2D eigenvalue weighted by molar-refractivity contribution is 8.22. The van der Waals surface area contributed by atoms with Crippen molar-refractivity contribution in [2.24, 2.45) is 0 Å². The van der Waals surface area contributed by atoms with Crippen molar-refractivity contribution in [3.05, 3.63) is 59.5 Å². The van der Waals surface area contributed by atoms with Crippen LogP contribution >= 0.6 is 10.9 Å². The summed E-state index contributed by atoms with van der Waals surface area (Å²) in [5.74, 6) is 0. The van der Waals surface area contributed by atoms with Crippen molar-refractivity contribution in [2.45, 2.75) is 4.90 Å². The third-order valence-corrected chi connectivity index (χ3v) is 4.35. The van der Waals surface area contributed by atoms with E-state index in [9.17, 15) is 0 Å². The lowest BCUT2D eigenvalue weighted by atomic mass is 10.2. The van der Waals surface area contributed by atoms with Crippen molar-refractivity contribution < 1.29 is 0 Å². The molecule has 3 rings (SSSR count). The largest absolute Gasteiger partial charge is 0.256 e. The van der Waals surface area contributed by atoms with Crippen molar-refractivity contribution in [3.8, 4) is 0 Å². The maximum Gasteiger partial charge on any atom is 0.0702 e. The van der Waals surface area contributed by atoms with Gasteiger partial charge in [0.25, 0.3) is 0 Å². The van der Waals surface area contributed by atoms with E-state index in [0.717, 1.165) is 5.52 Å². The van der Waals surface area contributed by atoms with Gasteiger partial charge >= 0.3 is 0 Å². The number of fused-ring (bicyclic) bond motifs is 1. The quantitative estimate of drug-likeness (QED) is 0.714. The van der Waals surface area contributed by atoms with Gasteiger partial charge in [0.2, 0.25) is 0 Å². The SMILES string of the molecule is C1=C[SH](c2ccc3ncccc3c2)C=C1. The molecule has 0 saturated heterocycles. The van der Waals surface area contributed by atoms with Crippen molar-refractivity contribution >= 4 is 21.8 Å². The van der Waals surface area contributed by atoms with Gasteiger partial charge in [0.1, 0.15) is 0 Å². The third kappa shape index (κ3) is 1.57. The molecular formula is C13H11NS. The first kappa shape index (κ1) is 8.74. The Kier molecular flexibility index (Phi) is 2.07. The second-order valence-electron chi connectivity index (χ2n) is 3.47. The van der Waals surface area contributed by atoms with E-state index < -0.39 is 0 Å². The summed E-state index contributed by atoms with van der Waals surface area (Å²) in [6, 6.07) is 10.6. The van der Waals surface area contributed by atoms with Gasteiger partial charge in [0.05, 0.1) is 5.52 Å². The summed E-state index contributed by atoms with van der Waals surface area (Å²) in [6.07, 6.45) is 6.08. The fourth-order valence-electron chi connectivity index (χ4n) is 1.73. The average molecular weight is 213 g/mol. The summed E-state index contributed by atoms with van der Waals surface area (Å²) in [5, 5.41) is 5.77. The number of pyridine rings is 1. The number of benzene rings is 1. The van der Waals surface area contributed by atoms with E-state index in [-0.39, 0.29) is 10.9 Å². The van der Waals surface area contributed by atoms with Crippen LogP contribution in [0.15, 0.2) is 64.4 Å². The maximum atomic E-state index is 4.32. The standard InChI is InChI=1S/C13H11NS/c1-2-9-15(8-1)12-5-6-13-11(10-12)4-3-7-14-13/h1-10,15H. The zero-order chi connectivity index (χ0) is 10.1. The van der Waals surface area contributed by atoms with E-state index in [1.807, 2.05) is 12.3 Å². The van der Waals surface area contributed by atoms with Crippen LogP contribution in [0.2, 0.25) is 0 Å². The lowest BCUT2D eigenvalue weighted by Crippen LogP contribution is -1.79. The van der Waals surface area contributed by atoms with Gasteiger partial charge in [-0.3, -0.25) is 4.98 Å². The molecule has 1 nitrogen and oxygen atoms in total. The fourth-order valence-corrected chi connectivity index (χ4v) is 3.28. The molecule has 0 N–H and O–H groups in total. The normalized spacial score (nSPS) is 16.4. The van der Waals surface area contributed by atoms with Gasteiger partial charge in [-0.15, -0.1) is 0 Å². The van der Waals surface area contributed by atoms with E-state index in [2.05, 4.69) is 52.2 Å². The topological polar surface area (TPSA) is 12.9 Å². The minimum absolute atomic E-state index is 0.202. The summed E-state index contributed by atoms with van der Waals surface area (Å²) in [4.78, 5) is 5.72. The van der Waals surface area contributed by atoms with Crippen LogP contribution in [0.25, 0.3) is 10.9 Å². The Morgan fingerprint density at radius 3 is 2.73 bits per heavy atom. The van der Waals surface area contributed by atoms with Crippen LogP contribution in [0, 0.1) is 0 Å². The van der Waals surface area contributed by atoms with Crippen LogP contribution in [0.4, 0.5) is 0 Å². The maximum absolute atomic E-state index is 4.32. The second kappa shape index (κ2) is 3.55. The third-order valence-electron chi connectivity index (χ3n) is 2.49. The van der Waals surface area contributed by atoms with Crippen molar-refractivity contribution in [2.75, 3.05) is 0 Å². The van der Waals surface area contributed by atoms with Gasteiger partial charge in [-0.25, -0.2) is 0 Å². The van der Waals surface area contributed by atoms with Gasteiger partial charge in [-0.05, 0) is 40.0 Å². The zero-order valence-electron chi connectivity index (χ0n) is 8.17. The summed E-state index contributed by atoms with van der Waals surface area (Å²) in [6.45, 7) is 0. The molecule has 1 aliphatic heterocycles. The number of hydrogen-bond donors (Lipinski definition) is 1. The van der Waals surface area contributed by atoms with Gasteiger partial charge in [-0.2, -0.15) is 10.9 Å². The summed E-state index contributed by atoms with van der Waals surface area (Å²) >= 11 is 0. The molecule has 0 radical (unpaired) electrons. The molecule has 15 heavy (non-hydrogen) atoms. The molecule has 0 fully saturated rings. The number of allylic oxidation sites excluding steroid dienone is 2. The molecule has 0 unspecified atom stereocenters. The van der Waals surface area contributed by atoms with Crippen LogP contribution in [0.5, 0.6) is 0 Å².